The Labute approximate surface area is 94.8 Å². The van der Waals surface area contributed by atoms with E-state index in [2.05, 4.69) is 11.4 Å². The molecule has 2 aromatic carbocycles. The molecular formula is C14H12N2. The molecule has 0 aliphatic heterocycles. The van der Waals surface area contributed by atoms with Gasteiger partial charge in [-0.1, -0.05) is 42.5 Å². The molecule has 0 bridgehead atoms. The number of benzene rings is 2. The van der Waals surface area contributed by atoms with E-state index in [-0.39, 0.29) is 0 Å². The van der Waals surface area contributed by atoms with Crippen molar-refractivity contribution in [1.29, 1.82) is 5.26 Å². The summed E-state index contributed by atoms with van der Waals surface area (Å²) < 4.78 is 0. The fourth-order valence-electron chi connectivity index (χ4n) is 1.77. The maximum Gasteiger partial charge on any atom is 0.101 e. The predicted octanol–water partition coefficient (Wildman–Crippen LogP) is 2.92. The smallest absolute Gasteiger partial charge is 0.101 e. The number of allylic oxidation sites excluding steroid dienone is 1. The minimum Gasteiger partial charge on any atom is -0.393 e. The van der Waals surface area contributed by atoms with Crippen LogP contribution in [0.5, 0.6) is 0 Å². The van der Waals surface area contributed by atoms with Crippen molar-refractivity contribution in [2.24, 2.45) is 0 Å². The van der Waals surface area contributed by atoms with Crippen LogP contribution < -0.4 is 5.32 Å². The molecule has 0 fully saturated rings. The van der Waals surface area contributed by atoms with Crippen molar-refractivity contribution in [1.82, 2.24) is 5.32 Å². The summed E-state index contributed by atoms with van der Waals surface area (Å²) in [6, 6.07) is 16.3. The zero-order valence-electron chi connectivity index (χ0n) is 9.07. The normalized spacial score (nSPS) is 11.1. The van der Waals surface area contributed by atoms with Gasteiger partial charge in [0.2, 0.25) is 0 Å². The van der Waals surface area contributed by atoms with Crippen LogP contribution in [-0.2, 0) is 0 Å². The lowest BCUT2D eigenvalue weighted by Gasteiger charge is -2.04. The Hall–Kier alpha value is -2.27. The Morgan fingerprint density at radius 3 is 2.69 bits per heavy atom. The van der Waals surface area contributed by atoms with E-state index >= 15 is 0 Å². The molecule has 0 saturated heterocycles. The van der Waals surface area contributed by atoms with E-state index in [4.69, 9.17) is 5.26 Å². The molecule has 16 heavy (non-hydrogen) atoms. The third-order valence-electron chi connectivity index (χ3n) is 2.49. The van der Waals surface area contributed by atoms with E-state index in [0.29, 0.717) is 5.57 Å². The van der Waals surface area contributed by atoms with Gasteiger partial charge in [0, 0.05) is 18.8 Å². The number of nitrogens with one attached hydrogen (secondary N) is 1. The number of nitriles is 1. The van der Waals surface area contributed by atoms with Gasteiger partial charge in [-0.2, -0.15) is 5.26 Å². The van der Waals surface area contributed by atoms with E-state index in [1.54, 1.807) is 13.2 Å². The van der Waals surface area contributed by atoms with Gasteiger partial charge < -0.3 is 5.32 Å². The second-order valence-corrected chi connectivity index (χ2v) is 3.49. The molecule has 1 N–H and O–H groups in total. The first-order valence-corrected chi connectivity index (χ1v) is 5.12. The predicted molar refractivity (Wildman–Crippen MR) is 66.6 cm³/mol. The van der Waals surface area contributed by atoms with Crippen molar-refractivity contribution in [3.8, 4) is 6.07 Å². The number of fused-ring (bicyclic) bond motifs is 1. The van der Waals surface area contributed by atoms with Crippen molar-refractivity contribution < 1.29 is 0 Å². The molecule has 0 unspecified atom stereocenters. The van der Waals surface area contributed by atoms with Crippen LogP contribution in [-0.4, -0.2) is 7.05 Å². The molecule has 0 spiro atoms. The number of nitrogens with zero attached hydrogens (tertiary/aromatic N) is 1. The summed E-state index contributed by atoms with van der Waals surface area (Å²) in [5, 5.41) is 14.3. The highest BCUT2D eigenvalue weighted by atomic mass is 14.8. The topological polar surface area (TPSA) is 35.8 Å². The highest BCUT2D eigenvalue weighted by Crippen LogP contribution is 2.24. The van der Waals surface area contributed by atoms with Crippen LogP contribution in [0.15, 0.2) is 48.7 Å². The van der Waals surface area contributed by atoms with Gasteiger partial charge in [0.05, 0.1) is 5.57 Å². The van der Waals surface area contributed by atoms with E-state index in [1.807, 2.05) is 42.5 Å². The Bertz CT molecular complexity index is 571. The Morgan fingerprint density at radius 1 is 1.19 bits per heavy atom. The van der Waals surface area contributed by atoms with Crippen molar-refractivity contribution in [2.75, 3.05) is 7.05 Å². The second kappa shape index (κ2) is 4.50. The molecule has 2 rings (SSSR count). The molecule has 0 aliphatic carbocycles. The lowest BCUT2D eigenvalue weighted by atomic mass is 9.99. The maximum atomic E-state index is 9.11. The maximum absolute atomic E-state index is 9.11. The SMILES string of the molecule is CNC=C(C#N)c1cccc2ccccc12. The zero-order valence-corrected chi connectivity index (χ0v) is 9.07. The second-order valence-electron chi connectivity index (χ2n) is 3.49. The number of hydrogen-bond acceptors (Lipinski definition) is 2. The Kier molecular flexibility index (Phi) is 2.88. The highest BCUT2D eigenvalue weighted by molar-refractivity contribution is 5.96. The average Bonchev–Trinajstić information content (AvgIpc) is 2.35. The van der Waals surface area contributed by atoms with E-state index in [0.717, 1.165) is 16.3 Å². The molecule has 0 atom stereocenters. The summed E-state index contributed by atoms with van der Waals surface area (Å²) >= 11 is 0. The molecule has 2 nitrogen and oxygen atoms in total. The summed E-state index contributed by atoms with van der Waals surface area (Å²) in [5.74, 6) is 0. The highest BCUT2D eigenvalue weighted by Gasteiger charge is 2.04. The molecule has 0 amide bonds. The van der Waals surface area contributed by atoms with Gasteiger partial charge >= 0.3 is 0 Å². The van der Waals surface area contributed by atoms with Gasteiger partial charge in [-0.3, -0.25) is 0 Å². The minimum absolute atomic E-state index is 0.652. The summed E-state index contributed by atoms with van der Waals surface area (Å²) in [6.45, 7) is 0. The van der Waals surface area contributed by atoms with Crippen LogP contribution in [0.3, 0.4) is 0 Å². The summed E-state index contributed by atoms with van der Waals surface area (Å²) in [4.78, 5) is 0. The van der Waals surface area contributed by atoms with E-state index in [1.165, 1.54) is 0 Å². The zero-order chi connectivity index (χ0) is 11.4. The molecule has 0 saturated carbocycles. The molecule has 78 valence electrons. The monoisotopic (exact) mass is 208 g/mol. The van der Waals surface area contributed by atoms with Crippen molar-refractivity contribution in [2.45, 2.75) is 0 Å². The van der Waals surface area contributed by atoms with Crippen molar-refractivity contribution in [3.63, 3.8) is 0 Å². The van der Waals surface area contributed by atoms with Crippen LogP contribution in [0.25, 0.3) is 16.3 Å². The third kappa shape index (κ3) is 1.76. The van der Waals surface area contributed by atoms with E-state index in [9.17, 15) is 0 Å². The van der Waals surface area contributed by atoms with Gasteiger partial charge in [0.15, 0.2) is 0 Å². The Morgan fingerprint density at radius 2 is 1.94 bits per heavy atom. The molecule has 0 aliphatic rings. The Balaban J connectivity index is 2.70. The molecule has 2 heteroatoms. The minimum atomic E-state index is 0.652. The molecule has 0 heterocycles. The summed E-state index contributed by atoms with van der Waals surface area (Å²) in [6.07, 6.45) is 1.72. The van der Waals surface area contributed by atoms with Gasteiger partial charge in [-0.05, 0) is 10.8 Å². The standard InChI is InChI=1S/C14H12N2/c1-16-10-12(9-15)14-8-4-6-11-5-2-3-7-13(11)14/h2-8,10,16H,1H3. The van der Waals surface area contributed by atoms with Crippen molar-refractivity contribution in [3.05, 3.63) is 54.2 Å². The first-order chi connectivity index (χ1) is 7.86. The molecule has 2 aromatic rings. The summed E-state index contributed by atoms with van der Waals surface area (Å²) in [5.41, 5.74) is 1.62. The van der Waals surface area contributed by atoms with Crippen LogP contribution in [0.1, 0.15) is 5.56 Å². The van der Waals surface area contributed by atoms with Gasteiger partial charge in [0.25, 0.3) is 0 Å². The van der Waals surface area contributed by atoms with Crippen molar-refractivity contribution >= 4 is 16.3 Å². The summed E-state index contributed by atoms with van der Waals surface area (Å²) in [7, 11) is 1.79. The van der Waals surface area contributed by atoms with Crippen LogP contribution in [0.4, 0.5) is 0 Å². The molecule has 0 radical (unpaired) electrons. The van der Waals surface area contributed by atoms with Gasteiger partial charge in [0.1, 0.15) is 6.07 Å². The van der Waals surface area contributed by atoms with Gasteiger partial charge in [-0.15, -0.1) is 0 Å². The first kappa shape index (κ1) is 10.3. The number of rotatable bonds is 2. The van der Waals surface area contributed by atoms with Crippen LogP contribution in [0, 0.1) is 11.3 Å². The molecule has 0 aromatic heterocycles. The third-order valence-corrected chi connectivity index (χ3v) is 2.49. The average molecular weight is 208 g/mol. The van der Waals surface area contributed by atoms with Crippen LogP contribution in [0.2, 0.25) is 0 Å². The van der Waals surface area contributed by atoms with E-state index < -0.39 is 0 Å². The largest absolute Gasteiger partial charge is 0.393 e. The fraction of sp³-hybridized carbons (Fsp3) is 0.0714. The number of hydrogen-bond donors (Lipinski definition) is 1. The lowest BCUT2D eigenvalue weighted by Crippen LogP contribution is -1.95. The fourth-order valence-corrected chi connectivity index (χ4v) is 1.77. The lowest BCUT2D eigenvalue weighted by molar-refractivity contribution is 1.11. The quantitative estimate of drug-likeness (QED) is 0.770. The molecular weight excluding hydrogens is 196 g/mol. The van der Waals surface area contributed by atoms with Crippen LogP contribution >= 0.6 is 0 Å². The first-order valence-electron chi connectivity index (χ1n) is 5.12. The van der Waals surface area contributed by atoms with Gasteiger partial charge in [-0.25, -0.2) is 0 Å².